The summed E-state index contributed by atoms with van der Waals surface area (Å²) in [5.41, 5.74) is 7.74. The van der Waals surface area contributed by atoms with Crippen molar-refractivity contribution in [1.29, 1.82) is 5.26 Å². The van der Waals surface area contributed by atoms with Crippen LogP contribution in [0.1, 0.15) is 35.3 Å². The topological polar surface area (TPSA) is 70.1 Å². The molecule has 0 radical (unpaired) electrons. The number of aryl methyl sites for hydroxylation is 1. The minimum Gasteiger partial charge on any atom is -0.338 e. The van der Waals surface area contributed by atoms with Gasteiger partial charge < -0.3 is 10.6 Å². The van der Waals surface area contributed by atoms with Crippen LogP contribution in [0.4, 0.5) is 0 Å². The summed E-state index contributed by atoms with van der Waals surface area (Å²) in [6.45, 7) is 6.94. The third kappa shape index (κ3) is 4.95. The standard InChI is InChI=1S/C17H21N3O/c1-4-20(12-14(3)11-19)17(21)16-9-13(2)8-15(10-16)6-5-7-18/h8-10,14H,4,7,12,18H2,1-3H3. The summed E-state index contributed by atoms with van der Waals surface area (Å²) in [5, 5.41) is 8.90. The molecule has 4 nitrogen and oxygen atoms in total. The van der Waals surface area contributed by atoms with Crippen molar-refractivity contribution >= 4 is 5.91 Å². The van der Waals surface area contributed by atoms with Crippen LogP contribution in [0.25, 0.3) is 0 Å². The molecule has 0 aromatic heterocycles. The minimum atomic E-state index is -0.185. The molecule has 1 atom stereocenters. The van der Waals surface area contributed by atoms with Crippen molar-refractivity contribution in [3.63, 3.8) is 0 Å². The van der Waals surface area contributed by atoms with Crippen LogP contribution in [0.3, 0.4) is 0 Å². The smallest absolute Gasteiger partial charge is 0.253 e. The van der Waals surface area contributed by atoms with Crippen molar-refractivity contribution in [1.82, 2.24) is 4.90 Å². The molecule has 0 heterocycles. The zero-order valence-corrected chi connectivity index (χ0v) is 12.8. The third-order valence-electron chi connectivity index (χ3n) is 3.04. The van der Waals surface area contributed by atoms with E-state index >= 15 is 0 Å². The normalized spacial score (nSPS) is 11.0. The van der Waals surface area contributed by atoms with Crippen LogP contribution < -0.4 is 5.73 Å². The van der Waals surface area contributed by atoms with Gasteiger partial charge in [0, 0.05) is 24.2 Å². The van der Waals surface area contributed by atoms with E-state index in [1.54, 1.807) is 11.0 Å². The Kier molecular flexibility index (Phi) is 6.46. The molecule has 21 heavy (non-hydrogen) atoms. The minimum absolute atomic E-state index is 0.0703. The number of nitrogens with two attached hydrogens (primary N) is 1. The second kappa shape index (κ2) is 8.09. The highest BCUT2D eigenvalue weighted by Gasteiger charge is 2.17. The summed E-state index contributed by atoms with van der Waals surface area (Å²) < 4.78 is 0. The van der Waals surface area contributed by atoms with Gasteiger partial charge in [0.1, 0.15) is 0 Å². The number of nitrogens with zero attached hydrogens (tertiary/aromatic N) is 2. The molecule has 1 unspecified atom stereocenters. The molecule has 0 fully saturated rings. The van der Waals surface area contributed by atoms with E-state index < -0.39 is 0 Å². The number of carbonyl (C=O) groups is 1. The quantitative estimate of drug-likeness (QED) is 0.858. The Balaban J connectivity index is 3.05. The highest BCUT2D eigenvalue weighted by atomic mass is 16.2. The number of hydrogen-bond acceptors (Lipinski definition) is 3. The lowest BCUT2D eigenvalue weighted by atomic mass is 10.0. The van der Waals surface area contributed by atoms with Gasteiger partial charge in [-0.1, -0.05) is 11.8 Å². The van der Waals surface area contributed by atoms with Gasteiger partial charge >= 0.3 is 0 Å². The van der Waals surface area contributed by atoms with Crippen LogP contribution in [0.2, 0.25) is 0 Å². The van der Waals surface area contributed by atoms with Crippen molar-refractivity contribution < 1.29 is 4.79 Å². The maximum Gasteiger partial charge on any atom is 0.253 e. The van der Waals surface area contributed by atoms with E-state index in [-0.39, 0.29) is 18.4 Å². The van der Waals surface area contributed by atoms with Crippen molar-refractivity contribution in [2.45, 2.75) is 20.8 Å². The van der Waals surface area contributed by atoms with E-state index in [1.807, 2.05) is 32.9 Å². The van der Waals surface area contributed by atoms with Crippen LogP contribution in [0, 0.1) is 36.0 Å². The van der Waals surface area contributed by atoms with Crippen LogP contribution >= 0.6 is 0 Å². The summed E-state index contributed by atoms with van der Waals surface area (Å²) >= 11 is 0. The van der Waals surface area contributed by atoms with E-state index in [4.69, 9.17) is 11.0 Å². The lowest BCUT2D eigenvalue weighted by molar-refractivity contribution is 0.0752. The van der Waals surface area contributed by atoms with Gasteiger partial charge in [0.2, 0.25) is 0 Å². The van der Waals surface area contributed by atoms with Crippen molar-refractivity contribution in [3.05, 3.63) is 34.9 Å². The first-order chi connectivity index (χ1) is 10.0. The molecular formula is C17H21N3O. The first-order valence-electron chi connectivity index (χ1n) is 7.01. The van der Waals surface area contributed by atoms with Crippen molar-refractivity contribution in [3.8, 4) is 17.9 Å². The van der Waals surface area contributed by atoms with E-state index in [0.717, 1.165) is 11.1 Å². The van der Waals surface area contributed by atoms with Gasteiger partial charge in [-0.3, -0.25) is 4.79 Å². The number of carbonyl (C=O) groups excluding carboxylic acids is 1. The molecule has 4 heteroatoms. The van der Waals surface area contributed by atoms with Gasteiger partial charge in [-0.15, -0.1) is 0 Å². The highest BCUT2D eigenvalue weighted by molar-refractivity contribution is 5.94. The monoisotopic (exact) mass is 283 g/mol. The van der Waals surface area contributed by atoms with Crippen molar-refractivity contribution in [2.24, 2.45) is 11.7 Å². The predicted octanol–water partition coefficient (Wildman–Crippen LogP) is 1.93. The van der Waals surface area contributed by atoms with E-state index in [2.05, 4.69) is 17.9 Å². The molecule has 1 aromatic rings. The zero-order chi connectivity index (χ0) is 15.8. The van der Waals surface area contributed by atoms with Gasteiger partial charge in [-0.25, -0.2) is 0 Å². The average molecular weight is 283 g/mol. The first-order valence-corrected chi connectivity index (χ1v) is 7.01. The Hall–Kier alpha value is -2.30. The van der Waals surface area contributed by atoms with Crippen LogP contribution in [-0.4, -0.2) is 30.4 Å². The Morgan fingerprint density at radius 1 is 1.43 bits per heavy atom. The summed E-state index contributed by atoms with van der Waals surface area (Å²) in [7, 11) is 0. The molecule has 0 spiro atoms. The molecule has 1 rings (SSSR count). The molecule has 1 aromatic carbocycles. The van der Waals surface area contributed by atoms with Gasteiger partial charge in [0.15, 0.2) is 0 Å². The second-order valence-corrected chi connectivity index (χ2v) is 4.97. The number of rotatable bonds is 4. The molecule has 0 aliphatic heterocycles. The van der Waals surface area contributed by atoms with Crippen LogP contribution in [0.5, 0.6) is 0 Å². The lowest BCUT2D eigenvalue weighted by Crippen LogP contribution is -2.34. The number of nitriles is 1. The zero-order valence-electron chi connectivity index (χ0n) is 12.8. The van der Waals surface area contributed by atoms with E-state index in [0.29, 0.717) is 18.7 Å². The Bertz CT molecular complexity index is 605. The molecule has 0 bridgehead atoms. The summed E-state index contributed by atoms with van der Waals surface area (Å²) in [5.74, 6) is 5.49. The first kappa shape index (κ1) is 16.8. The maximum absolute atomic E-state index is 12.5. The van der Waals surface area contributed by atoms with Crippen molar-refractivity contribution in [2.75, 3.05) is 19.6 Å². The predicted molar refractivity (Wildman–Crippen MR) is 83.5 cm³/mol. The van der Waals surface area contributed by atoms with Crippen LogP contribution in [-0.2, 0) is 0 Å². The number of amides is 1. The second-order valence-electron chi connectivity index (χ2n) is 4.97. The van der Waals surface area contributed by atoms with E-state index in [1.165, 1.54) is 0 Å². The fourth-order valence-electron chi connectivity index (χ4n) is 2.04. The highest BCUT2D eigenvalue weighted by Crippen LogP contribution is 2.13. The molecule has 0 saturated carbocycles. The average Bonchev–Trinajstić information content (AvgIpc) is 2.49. The van der Waals surface area contributed by atoms with Crippen LogP contribution in [0.15, 0.2) is 18.2 Å². The fraction of sp³-hybridized carbons (Fsp3) is 0.412. The molecule has 1 amide bonds. The van der Waals surface area contributed by atoms with E-state index in [9.17, 15) is 4.79 Å². The third-order valence-corrected chi connectivity index (χ3v) is 3.04. The Morgan fingerprint density at radius 2 is 2.14 bits per heavy atom. The van der Waals surface area contributed by atoms with Gasteiger partial charge in [0.25, 0.3) is 5.91 Å². The van der Waals surface area contributed by atoms with Gasteiger partial charge in [0.05, 0.1) is 18.5 Å². The molecule has 0 saturated heterocycles. The lowest BCUT2D eigenvalue weighted by Gasteiger charge is -2.22. The molecular weight excluding hydrogens is 262 g/mol. The number of hydrogen-bond donors (Lipinski definition) is 1. The fourth-order valence-corrected chi connectivity index (χ4v) is 2.04. The Labute approximate surface area is 126 Å². The Morgan fingerprint density at radius 3 is 2.71 bits per heavy atom. The summed E-state index contributed by atoms with van der Waals surface area (Å²) in [6, 6.07) is 7.70. The molecule has 2 N–H and O–H groups in total. The maximum atomic E-state index is 12.5. The molecule has 0 aliphatic carbocycles. The summed E-state index contributed by atoms with van der Waals surface area (Å²) in [4.78, 5) is 14.2. The summed E-state index contributed by atoms with van der Waals surface area (Å²) in [6.07, 6.45) is 0. The SMILES string of the molecule is CCN(CC(C)C#N)C(=O)c1cc(C)cc(C#CCN)c1. The molecule has 0 aliphatic rings. The van der Waals surface area contributed by atoms with Gasteiger partial charge in [-0.2, -0.15) is 5.26 Å². The largest absolute Gasteiger partial charge is 0.338 e. The molecule has 110 valence electrons. The van der Waals surface area contributed by atoms with Gasteiger partial charge in [-0.05, 0) is 44.5 Å². The number of benzene rings is 1.